The van der Waals surface area contributed by atoms with Crippen molar-refractivity contribution in [2.24, 2.45) is 0 Å². The molecule has 0 unspecified atom stereocenters. The zero-order valence-electron chi connectivity index (χ0n) is 12.0. The number of anilines is 1. The maximum absolute atomic E-state index is 13.4. The Hall–Kier alpha value is -2.50. The van der Waals surface area contributed by atoms with Crippen LogP contribution >= 0.6 is 0 Å². The van der Waals surface area contributed by atoms with Gasteiger partial charge in [0.2, 0.25) is 0 Å². The molecule has 0 N–H and O–H groups in total. The highest BCUT2D eigenvalue weighted by molar-refractivity contribution is 5.87. The van der Waals surface area contributed by atoms with Gasteiger partial charge in [-0.3, -0.25) is 0 Å². The number of hydrogen-bond acceptors (Lipinski definition) is 4. The Morgan fingerprint density at radius 1 is 1.19 bits per heavy atom. The third-order valence-electron chi connectivity index (χ3n) is 3.46. The summed E-state index contributed by atoms with van der Waals surface area (Å²) in [6, 6.07) is 6.30. The van der Waals surface area contributed by atoms with E-state index < -0.39 is 0 Å². The molecule has 6 heteroatoms. The third kappa shape index (κ3) is 2.33. The van der Waals surface area contributed by atoms with E-state index in [1.165, 1.54) is 18.5 Å². The molecule has 0 spiro atoms. The van der Waals surface area contributed by atoms with E-state index in [9.17, 15) is 4.39 Å². The number of fused-ring (bicyclic) bond motifs is 1. The van der Waals surface area contributed by atoms with Crippen molar-refractivity contribution in [2.45, 2.75) is 13.8 Å². The van der Waals surface area contributed by atoms with Crippen molar-refractivity contribution in [1.82, 2.24) is 19.7 Å². The van der Waals surface area contributed by atoms with Crippen molar-refractivity contribution in [3.05, 3.63) is 42.6 Å². The molecule has 5 nitrogen and oxygen atoms in total. The van der Waals surface area contributed by atoms with E-state index in [4.69, 9.17) is 0 Å². The van der Waals surface area contributed by atoms with Crippen LogP contribution in [0.1, 0.15) is 13.8 Å². The summed E-state index contributed by atoms with van der Waals surface area (Å²) in [6.07, 6.45) is 3.25. The van der Waals surface area contributed by atoms with Crippen LogP contribution in [-0.2, 0) is 0 Å². The summed E-state index contributed by atoms with van der Waals surface area (Å²) in [5.74, 6) is 0.557. The minimum absolute atomic E-state index is 0.297. The number of benzene rings is 1. The molecule has 1 aromatic carbocycles. The first-order chi connectivity index (χ1) is 10.2. The average Bonchev–Trinajstić information content (AvgIpc) is 2.93. The molecular weight excluding hydrogens is 269 g/mol. The second-order valence-corrected chi connectivity index (χ2v) is 4.64. The van der Waals surface area contributed by atoms with Crippen LogP contribution in [0.25, 0.3) is 16.7 Å². The van der Waals surface area contributed by atoms with Crippen molar-refractivity contribution in [1.29, 1.82) is 0 Å². The number of aromatic nitrogens is 4. The maximum Gasteiger partial charge on any atom is 0.168 e. The van der Waals surface area contributed by atoms with Gasteiger partial charge in [0.25, 0.3) is 0 Å². The van der Waals surface area contributed by atoms with Gasteiger partial charge in [-0.25, -0.2) is 19.0 Å². The van der Waals surface area contributed by atoms with Crippen molar-refractivity contribution in [2.75, 3.05) is 18.0 Å². The molecule has 21 heavy (non-hydrogen) atoms. The Labute approximate surface area is 122 Å². The Bertz CT molecular complexity index is 764. The summed E-state index contributed by atoms with van der Waals surface area (Å²) in [4.78, 5) is 10.8. The maximum atomic E-state index is 13.4. The number of rotatable bonds is 4. The number of hydrogen-bond donors (Lipinski definition) is 0. The lowest BCUT2D eigenvalue weighted by Crippen LogP contribution is -2.23. The van der Waals surface area contributed by atoms with Crippen molar-refractivity contribution in [3.8, 4) is 5.69 Å². The molecule has 2 aromatic heterocycles. The van der Waals surface area contributed by atoms with E-state index >= 15 is 0 Å². The summed E-state index contributed by atoms with van der Waals surface area (Å²) in [5, 5.41) is 5.21. The second kappa shape index (κ2) is 5.47. The van der Waals surface area contributed by atoms with Gasteiger partial charge < -0.3 is 4.90 Å². The second-order valence-electron chi connectivity index (χ2n) is 4.64. The molecule has 0 radical (unpaired) electrons. The molecule has 3 rings (SSSR count). The molecule has 3 aromatic rings. The summed E-state index contributed by atoms with van der Waals surface area (Å²) >= 11 is 0. The average molecular weight is 285 g/mol. The molecule has 0 aliphatic heterocycles. The molecule has 0 aliphatic carbocycles. The van der Waals surface area contributed by atoms with Gasteiger partial charge >= 0.3 is 0 Å². The van der Waals surface area contributed by atoms with Crippen LogP contribution in [0.4, 0.5) is 10.2 Å². The zero-order valence-corrected chi connectivity index (χ0v) is 12.0. The predicted octanol–water partition coefficient (Wildman–Crippen LogP) is 2.80. The van der Waals surface area contributed by atoms with Gasteiger partial charge in [-0.2, -0.15) is 5.10 Å². The van der Waals surface area contributed by atoms with Crippen LogP contribution in [0.2, 0.25) is 0 Å². The van der Waals surface area contributed by atoms with E-state index in [0.717, 1.165) is 24.3 Å². The van der Waals surface area contributed by atoms with Crippen molar-refractivity contribution < 1.29 is 4.39 Å². The molecule has 2 heterocycles. The van der Waals surface area contributed by atoms with Gasteiger partial charge in [0.05, 0.1) is 17.3 Å². The van der Waals surface area contributed by atoms with Gasteiger partial charge in [-0.05, 0) is 32.0 Å². The van der Waals surface area contributed by atoms with Crippen LogP contribution in [0.15, 0.2) is 36.8 Å². The SMILES string of the molecule is CCN(CC)c1ncnc2c1cnn2-c1cccc(F)c1. The first-order valence-corrected chi connectivity index (χ1v) is 6.94. The van der Waals surface area contributed by atoms with E-state index in [1.54, 1.807) is 23.0 Å². The Morgan fingerprint density at radius 3 is 2.71 bits per heavy atom. The summed E-state index contributed by atoms with van der Waals surface area (Å²) in [7, 11) is 0. The fourth-order valence-corrected chi connectivity index (χ4v) is 2.40. The molecule has 0 saturated heterocycles. The van der Waals surface area contributed by atoms with Gasteiger partial charge in [-0.1, -0.05) is 6.07 Å². The minimum Gasteiger partial charge on any atom is -0.356 e. The Kier molecular flexibility index (Phi) is 3.51. The van der Waals surface area contributed by atoms with Crippen LogP contribution in [-0.4, -0.2) is 32.8 Å². The number of nitrogens with zero attached hydrogens (tertiary/aromatic N) is 5. The summed E-state index contributed by atoms with van der Waals surface area (Å²) in [5.41, 5.74) is 1.33. The van der Waals surface area contributed by atoms with Gasteiger partial charge in [-0.15, -0.1) is 0 Å². The van der Waals surface area contributed by atoms with Crippen LogP contribution < -0.4 is 4.90 Å². The lowest BCUT2D eigenvalue weighted by molar-refractivity contribution is 0.625. The molecule has 0 amide bonds. The summed E-state index contributed by atoms with van der Waals surface area (Å²) in [6.45, 7) is 5.87. The molecule has 0 atom stereocenters. The van der Waals surface area contributed by atoms with Gasteiger partial charge in [0.15, 0.2) is 5.65 Å². The van der Waals surface area contributed by atoms with E-state index in [2.05, 4.69) is 33.8 Å². The monoisotopic (exact) mass is 285 g/mol. The highest BCUT2D eigenvalue weighted by Gasteiger charge is 2.14. The molecule has 0 bridgehead atoms. The van der Waals surface area contributed by atoms with E-state index in [-0.39, 0.29) is 5.82 Å². The normalized spacial score (nSPS) is 11.0. The summed E-state index contributed by atoms with van der Waals surface area (Å²) < 4.78 is 15.0. The number of halogens is 1. The molecule has 0 saturated carbocycles. The van der Waals surface area contributed by atoms with Crippen molar-refractivity contribution in [3.63, 3.8) is 0 Å². The fraction of sp³-hybridized carbons (Fsp3) is 0.267. The van der Waals surface area contributed by atoms with Gasteiger partial charge in [0, 0.05) is 13.1 Å². The van der Waals surface area contributed by atoms with E-state index in [0.29, 0.717) is 11.3 Å². The molecule has 0 fully saturated rings. The lowest BCUT2D eigenvalue weighted by atomic mass is 10.3. The zero-order chi connectivity index (χ0) is 14.8. The topological polar surface area (TPSA) is 46.8 Å². The quantitative estimate of drug-likeness (QED) is 0.739. The largest absolute Gasteiger partial charge is 0.356 e. The van der Waals surface area contributed by atoms with E-state index in [1.807, 2.05) is 0 Å². The van der Waals surface area contributed by atoms with Gasteiger partial charge in [0.1, 0.15) is 18.0 Å². The highest BCUT2D eigenvalue weighted by Crippen LogP contribution is 2.24. The molecule has 108 valence electrons. The molecular formula is C15H16FN5. The van der Waals surface area contributed by atoms with Crippen LogP contribution in [0.3, 0.4) is 0 Å². The molecule has 0 aliphatic rings. The Morgan fingerprint density at radius 2 is 2.00 bits per heavy atom. The standard InChI is InChI=1S/C15H16FN5/c1-3-20(4-2)14-13-9-19-21(15(13)18-10-17-14)12-7-5-6-11(16)8-12/h5-10H,3-4H2,1-2H3. The predicted molar refractivity (Wildman–Crippen MR) is 80.2 cm³/mol. The highest BCUT2D eigenvalue weighted by atomic mass is 19.1. The first-order valence-electron chi connectivity index (χ1n) is 6.94. The minimum atomic E-state index is -0.297. The third-order valence-corrected chi connectivity index (χ3v) is 3.46. The smallest absolute Gasteiger partial charge is 0.168 e. The lowest BCUT2D eigenvalue weighted by Gasteiger charge is -2.19. The fourth-order valence-electron chi connectivity index (χ4n) is 2.40. The van der Waals surface area contributed by atoms with Crippen LogP contribution in [0, 0.1) is 5.82 Å². The van der Waals surface area contributed by atoms with Crippen molar-refractivity contribution >= 4 is 16.9 Å². The first kappa shape index (κ1) is 13.5. The van der Waals surface area contributed by atoms with Crippen LogP contribution in [0.5, 0.6) is 0 Å². The Balaban J connectivity index is 2.17.